The summed E-state index contributed by atoms with van der Waals surface area (Å²) in [5.74, 6) is -0.510. The number of anilines is 1. The smallest absolute Gasteiger partial charge is 0.252 e. The fraction of sp³-hybridized carbons (Fsp3) is 0.500. The van der Waals surface area contributed by atoms with Crippen molar-refractivity contribution < 1.29 is 9.59 Å². The Morgan fingerprint density at radius 3 is 2.24 bits per heavy atom. The lowest BCUT2D eigenvalue weighted by Crippen LogP contribution is -2.50. The van der Waals surface area contributed by atoms with E-state index in [1.54, 1.807) is 13.0 Å². The molecule has 0 aliphatic heterocycles. The minimum absolute atomic E-state index is 0.214. The maximum absolute atomic E-state index is 12.3. The third-order valence-electron chi connectivity index (χ3n) is 3.10. The van der Waals surface area contributed by atoms with Crippen LogP contribution in [0.5, 0.6) is 0 Å². The number of hydrogen-bond acceptors (Lipinski definition) is 3. The molecule has 21 heavy (non-hydrogen) atoms. The van der Waals surface area contributed by atoms with Gasteiger partial charge in [0.25, 0.3) is 5.91 Å². The molecule has 0 heterocycles. The van der Waals surface area contributed by atoms with Crippen molar-refractivity contribution in [2.45, 2.75) is 53.1 Å². The van der Waals surface area contributed by atoms with Gasteiger partial charge in [0.05, 0.1) is 0 Å². The van der Waals surface area contributed by atoms with Crippen LogP contribution in [0.4, 0.5) is 5.69 Å². The Morgan fingerprint density at radius 2 is 1.71 bits per heavy atom. The van der Waals surface area contributed by atoms with Crippen LogP contribution in [0, 0.1) is 13.8 Å². The van der Waals surface area contributed by atoms with Crippen LogP contribution < -0.4 is 16.4 Å². The number of nitrogen functional groups attached to an aromatic ring is 1. The van der Waals surface area contributed by atoms with Crippen molar-refractivity contribution >= 4 is 17.5 Å². The van der Waals surface area contributed by atoms with Crippen LogP contribution in [0.15, 0.2) is 12.1 Å². The molecule has 0 spiro atoms. The monoisotopic (exact) mass is 291 g/mol. The second-order valence-electron chi connectivity index (χ2n) is 6.46. The number of benzene rings is 1. The Hall–Kier alpha value is -2.04. The molecule has 0 saturated heterocycles. The molecule has 0 radical (unpaired) electrons. The van der Waals surface area contributed by atoms with Crippen molar-refractivity contribution in [1.29, 1.82) is 0 Å². The molecule has 4 N–H and O–H groups in total. The molecule has 116 valence electrons. The highest BCUT2D eigenvalue weighted by molar-refractivity contribution is 5.99. The summed E-state index contributed by atoms with van der Waals surface area (Å²) in [5.41, 5.74) is 8.34. The van der Waals surface area contributed by atoms with E-state index in [-0.39, 0.29) is 17.4 Å². The van der Waals surface area contributed by atoms with E-state index in [9.17, 15) is 9.59 Å². The zero-order chi connectivity index (χ0) is 16.4. The van der Waals surface area contributed by atoms with Gasteiger partial charge in [-0.25, -0.2) is 0 Å². The highest BCUT2D eigenvalue weighted by Crippen LogP contribution is 2.17. The SMILES string of the molecule is Cc1cc(C)c(C(=O)NC(C)C(=O)NC(C)(C)C)cc1N. The van der Waals surface area contributed by atoms with Crippen LogP contribution in [0.25, 0.3) is 0 Å². The van der Waals surface area contributed by atoms with E-state index in [2.05, 4.69) is 10.6 Å². The van der Waals surface area contributed by atoms with E-state index in [0.717, 1.165) is 11.1 Å². The van der Waals surface area contributed by atoms with Gasteiger partial charge in [0.2, 0.25) is 5.91 Å². The van der Waals surface area contributed by atoms with Crippen molar-refractivity contribution in [3.8, 4) is 0 Å². The van der Waals surface area contributed by atoms with Gasteiger partial charge < -0.3 is 16.4 Å². The third-order valence-corrected chi connectivity index (χ3v) is 3.10. The van der Waals surface area contributed by atoms with Gasteiger partial charge in [-0.3, -0.25) is 9.59 Å². The van der Waals surface area contributed by atoms with Crippen LogP contribution in [0.1, 0.15) is 49.2 Å². The van der Waals surface area contributed by atoms with Crippen LogP contribution in [0.3, 0.4) is 0 Å². The number of carbonyl (C=O) groups excluding carboxylic acids is 2. The lowest BCUT2D eigenvalue weighted by Gasteiger charge is -2.24. The van der Waals surface area contributed by atoms with E-state index < -0.39 is 6.04 Å². The minimum Gasteiger partial charge on any atom is -0.398 e. The van der Waals surface area contributed by atoms with Gasteiger partial charge in [-0.1, -0.05) is 6.07 Å². The van der Waals surface area contributed by atoms with Crippen molar-refractivity contribution in [3.05, 3.63) is 28.8 Å². The Morgan fingerprint density at radius 1 is 1.14 bits per heavy atom. The first kappa shape index (κ1) is 17.0. The number of nitrogens with one attached hydrogen (secondary N) is 2. The predicted molar refractivity (Wildman–Crippen MR) is 85.2 cm³/mol. The van der Waals surface area contributed by atoms with Gasteiger partial charge in [0.1, 0.15) is 6.04 Å². The predicted octanol–water partition coefficient (Wildman–Crippen LogP) is 1.92. The highest BCUT2D eigenvalue weighted by Gasteiger charge is 2.21. The normalized spacial score (nSPS) is 12.7. The topological polar surface area (TPSA) is 84.2 Å². The van der Waals surface area contributed by atoms with Crippen LogP contribution in [-0.2, 0) is 4.79 Å². The van der Waals surface area contributed by atoms with Crippen LogP contribution in [-0.4, -0.2) is 23.4 Å². The summed E-state index contributed by atoms with van der Waals surface area (Å²) < 4.78 is 0. The number of carbonyl (C=O) groups is 2. The van der Waals surface area contributed by atoms with Crippen molar-refractivity contribution in [3.63, 3.8) is 0 Å². The second kappa shape index (κ2) is 6.16. The maximum Gasteiger partial charge on any atom is 0.252 e. The third kappa shape index (κ3) is 4.77. The van der Waals surface area contributed by atoms with Crippen LogP contribution >= 0.6 is 0 Å². The summed E-state index contributed by atoms with van der Waals surface area (Å²) in [5, 5.41) is 5.53. The summed E-state index contributed by atoms with van der Waals surface area (Å²) in [4.78, 5) is 24.2. The molecule has 0 bridgehead atoms. The van der Waals surface area contributed by atoms with E-state index in [1.807, 2.05) is 40.7 Å². The lowest BCUT2D eigenvalue weighted by atomic mass is 10.0. The highest BCUT2D eigenvalue weighted by atomic mass is 16.2. The fourth-order valence-electron chi connectivity index (χ4n) is 1.93. The standard InChI is InChI=1S/C16H25N3O2/c1-9-7-10(2)13(17)8-12(9)15(21)18-11(3)14(20)19-16(4,5)6/h7-8,11H,17H2,1-6H3,(H,18,21)(H,19,20). The molecule has 0 aliphatic carbocycles. The summed E-state index contributed by atoms with van der Waals surface area (Å²) in [7, 11) is 0. The molecule has 2 amide bonds. The number of amides is 2. The van der Waals surface area contributed by atoms with E-state index >= 15 is 0 Å². The molecule has 0 aliphatic rings. The van der Waals surface area contributed by atoms with Gasteiger partial charge in [-0.2, -0.15) is 0 Å². The number of hydrogen-bond donors (Lipinski definition) is 3. The van der Waals surface area contributed by atoms with Gasteiger partial charge in [0.15, 0.2) is 0 Å². The van der Waals surface area contributed by atoms with Gasteiger partial charge >= 0.3 is 0 Å². The molecular weight excluding hydrogens is 266 g/mol. The molecular formula is C16H25N3O2. The number of rotatable bonds is 3. The average molecular weight is 291 g/mol. The summed E-state index contributed by atoms with van der Waals surface area (Å²) in [6.07, 6.45) is 0. The quantitative estimate of drug-likeness (QED) is 0.744. The number of aryl methyl sites for hydroxylation is 2. The largest absolute Gasteiger partial charge is 0.398 e. The lowest BCUT2D eigenvalue weighted by molar-refractivity contribution is -0.124. The molecule has 0 aromatic heterocycles. The Kier molecular flexibility index (Phi) is 4.99. The average Bonchev–Trinajstić information content (AvgIpc) is 2.31. The fourth-order valence-corrected chi connectivity index (χ4v) is 1.93. The molecule has 1 rings (SSSR count). The zero-order valence-electron chi connectivity index (χ0n) is 13.6. The van der Waals surface area contributed by atoms with E-state index in [0.29, 0.717) is 11.3 Å². The van der Waals surface area contributed by atoms with Gasteiger partial charge in [0, 0.05) is 16.8 Å². The summed E-state index contributed by atoms with van der Waals surface area (Å²) in [6, 6.07) is 2.90. The minimum atomic E-state index is -0.612. The molecule has 1 unspecified atom stereocenters. The van der Waals surface area contributed by atoms with Crippen molar-refractivity contribution in [1.82, 2.24) is 10.6 Å². The van der Waals surface area contributed by atoms with Crippen molar-refractivity contribution in [2.24, 2.45) is 0 Å². The molecule has 1 atom stereocenters. The Labute approximate surface area is 126 Å². The Bertz CT molecular complexity index is 559. The molecule has 0 saturated carbocycles. The molecule has 1 aromatic carbocycles. The van der Waals surface area contributed by atoms with Crippen molar-refractivity contribution in [2.75, 3.05) is 5.73 Å². The second-order valence-corrected chi connectivity index (χ2v) is 6.46. The molecule has 5 nitrogen and oxygen atoms in total. The van der Waals surface area contributed by atoms with Crippen LogP contribution in [0.2, 0.25) is 0 Å². The summed E-state index contributed by atoms with van der Waals surface area (Å²) >= 11 is 0. The van der Waals surface area contributed by atoms with Gasteiger partial charge in [-0.05, 0) is 58.7 Å². The molecule has 1 aromatic rings. The first-order valence-corrected chi connectivity index (χ1v) is 7.01. The Balaban J connectivity index is 2.82. The summed E-state index contributed by atoms with van der Waals surface area (Å²) in [6.45, 7) is 11.1. The zero-order valence-corrected chi connectivity index (χ0v) is 13.6. The maximum atomic E-state index is 12.3. The number of nitrogens with two attached hydrogens (primary N) is 1. The molecule has 0 fully saturated rings. The first-order chi connectivity index (χ1) is 9.51. The molecule has 5 heteroatoms. The van der Waals surface area contributed by atoms with Gasteiger partial charge in [-0.15, -0.1) is 0 Å². The van der Waals surface area contributed by atoms with E-state index in [4.69, 9.17) is 5.73 Å². The first-order valence-electron chi connectivity index (χ1n) is 7.01. The van der Waals surface area contributed by atoms with E-state index in [1.165, 1.54) is 0 Å².